The lowest BCUT2D eigenvalue weighted by Gasteiger charge is -2.17. The number of hydrogen-bond donors (Lipinski definition) is 1. The Hall–Kier alpha value is -1.46. The van der Waals surface area contributed by atoms with Gasteiger partial charge in [0.15, 0.2) is 0 Å². The molecule has 0 aliphatic heterocycles. The molecule has 1 atom stereocenters. The van der Waals surface area contributed by atoms with Gasteiger partial charge >= 0.3 is 0 Å². The molecule has 1 unspecified atom stereocenters. The van der Waals surface area contributed by atoms with Crippen LogP contribution in [-0.4, -0.2) is 5.11 Å². The lowest BCUT2D eigenvalue weighted by atomic mass is 9.94. The third kappa shape index (κ3) is 3.11. The molecule has 0 radical (unpaired) electrons. The van der Waals surface area contributed by atoms with Gasteiger partial charge in [-0.2, -0.15) is 0 Å². The van der Waals surface area contributed by atoms with Crippen molar-refractivity contribution in [3.8, 4) is 23.5 Å². The Balaban J connectivity index is 2.41. The molecule has 0 amide bonds. The highest BCUT2D eigenvalue weighted by Gasteiger charge is 2.19. The number of benzene rings is 2. The van der Waals surface area contributed by atoms with Gasteiger partial charge in [0.25, 0.3) is 0 Å². The minimum Gasteiger partial charge on any atom is -0.374 e. The summed E-state index contributed by atoms with van der Waals surface area (Å²) in [5, 5.41) is 11.1. The summed E-state index contributed by atoms with van der Waals surface area (Å²) in [6.07, 6.45) is 5.29. The van der Waals surface area contributed by atoms with Crippen LogP contribution in [0.1, 0.15) is 12.5 Å². The molecule has 0 fully saturated rings. The molecule has 0 saturated heterocycles. The molecule has 0 aliphatic carbocycles. The Morgan fingerprint density at radius 2 is 1.53 bits per heavy atom. The zero-order valence-corrected chi connectivity index (χ0v) is 11.8. The number of hydrogen-bond acceptors (Lipinski definition) is 1. The summed E-state index contributed by atoms with van der Waals surface area (Å²) in [4.78, 5) is 0. The smallest absolute Gasteiger partial charge is 0.147 e. The molecular weight excluding hydrogens is 279 g/mol. The second-order valence-corrected chi connectivity index (χ2v) is 5.32. The summed E-state index contributed by atoms with van der Waals surface area (Å²) in [6, 6.07) is 12.7. The highest BCUT2D eigenvalue weighted by molar-refractivity contribution is 6.35. The Morgan fingerprint density at radius 3 is 2.00 bits per heavy atom. The van der Waals surface area contributed by atoms with Crippen molar-refractivity contribution in [3.05, 3.63) is 58.1 Å². The van der Waals surface area contributed by atoms with Gasteiger partial charge in [-0.15, -0.1) is 6.42 Å². The van der Waals surface area contributed by atoms with Gasteiger partial charge in [-0.1, -0.05) is 53.4 Å². The molecule has 2 aromatic carbocycles. The molecular formula is C16H12Cl2O. The van der Waals surface area contributed by atoms with Gasteiger partial charge in [0.2, 0.25) is 0 Å². The minimum atomic E-state index is -1.26. The van der Waals surface area contributed by atoms with E-state index in [1.54, 1.807) is 25.1 Å². The average molecular weight is 291 g/mol. The van der Waals surface area contributed by atoms with E-state index in [0.29, 0.717) is 15.6 Å². The maximum absolute atomic E-state index is 9.97. The van der Waals surface area contributed by atoms with E-state index in [9.17, 15) is 5.11 Å². The molecule has 1 nitrogen and oxygen atoms in total. The van der Waals surface area contributed by atoms with Crippen molar-refractivity contribution in [2.24, 2.45) is 0 Å². The van der Waals surface area contributed by atoms with Crippen LogP contribution in [0.15, 0.2) is 42.5 Å². The van der Waals surface area contributed by atoms with Gasteiger partial charge in [-0.25, -0.2) is 0 Å². The van der Waals surface area contributed by atoms with Crippen molar-refractivity contribution in [1.82, 2.24) is 0 Å². The predicted octanol–water partition coefficient (Wildman–Crippen LogP) is 4.50. The van der Waals surface area contributed by atoms with E-state index in [4.69, 9.17) is 29.6 Å². The van der Waals surface area contributed by atoms with Crippen molar-refractivity contribution < 1.29 is 5.11 Å². The largest absolute Gasteiger partial charge is 0.374 e. The first kappa shape index (κ1) is 14.0. The van der Waals surface area contributed by atoms with Crippen LogP contribution in [0.3, 0.4) is 0 Å². The van der Waals surface area contributed by atoms with Crippen LogP contribution in [0.25, 0.3) is 11.1 Å². The third-order valence-corrected chi connectivity index (χ3v) is 3.36. The molecule has 3 heteroatoms. The first-order valence-corrected chi connectivity index (χ1v) is 6.45. The van der Waals surface area contributed by atoms with E-state index in [2.05, 4.69) is 5.92 Å². The van der Waals surface area contributed by atoms with E-state index in [1.807, 2.05) is 24.3 Å². The normalized spacial score (nSPS) is 13.6. The van der Waals surface area contributed by atoms with Crippen molar-refractivity contribution in [2.75, 3.05) is 0 Å². The summed E-state index contributed by atoms with van der Waals surface area (Å²) >= 11 is 12.0. The predicted molar refractivity (Wildman–Crippen MR) is 80.3 cm³/mol. The Morgan fingerprint density at radius 1 is 1.00 bits per heavy atom. The molecule has 0 bridgehead atoms. The van der Waals surface area contributed by atoms with E-state index in [-0.39, 0.29) is 0 Å². The summed E-state index contributed by atoms with van der Waals surface area (Å²) in [5.41, 5.74) is 1.29. The first-order valence-electron chi connectivity index (χ1n) is 5.69. The van der Waals surface area contributed by atoms with Crippen LogP contribution in [0.5, 0.6) is 0 Å². The van der Waals surface area contributed by atoms with Gasteiger partial charge in [-0.05, 0) is 41.8 Å². The molecule has 0 aliphatic rings. The molecule has 0 heterocycles. The molecule has 1 N–H and O–H groups in total. The lowest BCUT2D eigenvalue weighted by Crippen LogP contribution is -2.17. The van der Waals surface area contributed by atoms with Crippen molar-refractivity contribution in [2.45, 2.75) is 12.5 Å². The summed E-state index contributed by atoms with van der Waals surface area (Å²) in [7, 11) is 0. The van der Waals surface area contributed by atoms with Crippen molar-refractivity contribution >= 4 is 23.2 Å². The second kappa shape index (κ2) is 5.27. The van der Waals surface area contributed by atoms with Crippen LogP contribution in [0.4, 0.5) is 0 Å². The average Bonchev–Trinajstić information content (AvgIpc) is 2.38. The summed E-state index contributed by atoms with van der Waals surface area (Å²) in [5.74, 6) is 2.35. The summed E-state index contributed by atoms with van der Waals surface area (Å²) < 4.78 is 0. The van der Waals surface area contributed by atoms with Crippen LogP contribution >= 0.6 is 23.2 Å². The number of halogens is 2. The SMILES string of the molecule is C#CC(C)(O)c1ccc(-c2cc(Cl)cc(Cl)c2)cc1. The first-order chi connectivity index (χ1) is 8.92. The molecule has 2 rings (SSSR count). The van der Waals surface area contributed by atoms with Gasteiger partial charge in [0.1, 0.15) is 5.60 Å². The molecule has 0 spiro atoms. The Labute approximate surface area is 122 Å². The topological polar surface area (TPSA) is 20.2 Å². The van der Waals surface area contributed by atoms with Gasteiger partial charge in [0, 0.05) is 10.0 Å². The highest BCUT2D eigenvalue weighted by Crippen LogP contribution is 2.29. The quantitative estimate of drug-likeness (QED) is 0.808. The zero-order valence-electron chi connectivity index (χ0n) is 10.3. The molecule has 0 saturated carbocycles. The maximum atomic E-state index is 9.97. The lowest BCUT2D eigenvalue weighted by molar-refractivity contribution is 0.122. The van der Waals surface area contributed by atoms with Crippen LogP contribution in [0.2, 0.25) is 10.0 Å². The molecule has 96 valence electrons. The second-order valence-electron chi connectivity index (χ2n) is 4.45. The fourth-order valence-electron chi connectivity index (χ4n) is 1.79. The monoisotopic (exact) mass is 290 g/mol. The summed E-state index contributed by atoms with van der Waals surface area (Å²) in [6.45, 7) is 1.58. The fraction of sp³-hybridized carbons (Fsp3) is 0.125. The third-order valence-electron chi connectivity index (χ3n) is 2.92. The molecule has 2 aromatic rings. The van der Waals surface area contributed by atoms with Gasteiger partial charge in [-0.3, -0.25) is 0 Å². The Kier molecular flexibility index (Phi) is 3.87. The minimum absolute atomic E-state index is 0.585. The number of aliphatic hydroxyl groups is 1. The van der Waals surface area contributed by atoms with Crippen molar-refractivity contribution in [3.63, 3.8) is 0 Å². The van der Waals surface area contributed by atoms with E-state index in [0.717, 1.165) is 11.1 Å². The van der Waals surface area contributed by atoms with E-state index in [1.165, 1.54) is 0 Å². The van der Waals surface area contributed by atoms with Crippen LogP contribution in [0, 0.1) is 12.3 Å². The van der Waals surface area contributed by atoms with Crippen LogP contribution in [-0.2, 0) is 5.60 Å². The zero-order chi connectivity index (χ0) is 14.0. The van der Waals surface area contributed by atoms with Gasteiger partial charge in [0.05, 0.1) is 0 Å². The molecule has 0 aromatic heterocycles. The van der Waals surface area contributed by atoms with Crippen molar-refractivity contribution in [1.29, 1.82) is 0 Å². The standard InChI is InChI=1S/C16H12Cl2O/c1-3-16(2,19)13-6-4-11(5-7-13)12-8-14(17)10-15(18)9-12/h1,4-10,19H,2H3. The van der Waals surface area contributed by atoms with E-state index < -0.39 is 5.60 Å². The molecule has 19 heavy (non-hydrogen) atoms. The van der Waals surface area contributed by atoms with E-state index >= 15 is 0 Å². The van der Waals surface area contributed by atoms with Crippen LogP contribution < -0.4 is 0 Å². The maximum Gasteiger partial charge on any atom is 0.147 e. The fourth-order valence-corrected chi connectivity index (χ4v) is 2.32. The number of terminal acetylenes is 1. The number of rotatable bonds is 2. The van der Waals surface area contributed by atoms with Gasteiger partial charge < -0.3 is 5.11 Å². The Bertz CT molecular complexity index is 617. The highest BCUT2D eigenvalue weighted by atomic mass is 35.5.